The molecule has 0 atom stereocenters. The number of hydrogen-bond donors (Lipinski definition) is 2. The summed E-state index contributed by atoms with van der Waals surface area (Å²) in [4.78, 5) is 4.05. The van der Waals surface area contributed by atoms with Crippen molar-refractivity contribution >= 4 is 0 Å². The van der Waals surface area contributed by atoms with Crippen molar-refractivity contribution < 1.29 is 4.74 Å². The number of ether oxygens (including phenoxy) is 1. The van der Waals surface area contributed by atoms with Crippen LogP contribution in [0.2, 0.25) is 0 Å². The van der Waals surface area contributed by atoms with Crippen LogP contribution in [0.1, 0.15) is 5.69 Å². The van der Waals surface area contributed by atoms with Crippen LogP contribution in [0.4, 0.5) is 0 Å². The SMILES string of the molecule is COCCNCCNCc1cncn1C. The van der Waals surface area contributed by atoms with Crippen LogP contribution in [-0.4, -0.2) is 42.9 Å². The molecule has 0 aliphatic carbocycles. The number of hydrogen-bond acceptors (Lipinski definition) is 4. The van der Waals surface area contributed by atoms with Crippen LogP contribution in [0.25, 0.3) is 0 Å². The van der Waals surface area contributed by atoms with Crippen molar-refractivity contribution in [3.63, 3.8) is 0 Å². The molecule has 0 aromatic carbocycles. The van der Waals surface area contributed by atoms with E-state index >= 15 is 0 Å². The highest BCUT2D eigenvalue weighted by molar-refractivity contribution is 4.96. The van der Waals surface area contributed by atoms with Crippen molar-refractivity contribution in [2.24, 2.45) is 7.05 Å². The van der Waals surface area contributed by atoms with Crippen LogP contribution in [0.5, 0.6) is 0 Å². The number of nitrogens with zero attached hydrogens (tertiary/aromatic N) is 2. The lowest BCUT2D eigenvalue weighted by molar-refractivity contribution is 0.199. The molecule has 0 amide bonds. The van der Waals surface area contributed by atoms with Gasteiger partial charge in [-0.05, 0) is 0 Å². The topological polar surface area (TPSA) is 51.1 Å². The third kappa shape index (κ3) is 4.92. The first-order chi connectivity index (χ1) is 7.34. The lowest BCUT2D eigenvalue weighted by Crippen LogP contribution is -2.29. The van der Waals surface area contributed by atoms with Gasteiger partial charge in [-0.25, -0.2) is 4.98 Å². The average Bonchev–Trinajstić information content (AvgIpc) is 2.63. The van der Waals surface area contributed by atoms with Crippen LogP contribution in [-0.2, 0) is 18.3 Å². The molecular formula is C10H20N4O. The number of nitrogens with one attached hydrogen (secondary N) is 2. The number of imidazole rings is 1. The van der Waals surface area contributed by atoms with E-state index in [-0.39, 0.29) is 0 Å². The Morgan fingerprint density at radius 2 is 2.13 bits per heavy atom. The van der Waals surface area contributed by atoms with E-state index in [0.717, 1.165) is 32.8 Å². The Morgan fingerprint density at radius 1 is 1.33 bits per heavy atom. The van der Waals surface area contributed by atoms with Crippen molar-refractivity contribution in [1.82, 2.24) is 20.2 Å². The Hall–Kier alpha value is -0.910. The van der Waals surface area contributed by atoms with Crippen molar-refractivity contribution in [2.45, 2.75) is 6.54 Å². The summed E-state index contributed by atoms with van der Waals surface area (Å²) >= 11 is 0. The molecule has 0 aliphatic rings. The first kappa shape index (κ1) is 12.2. The van der Waals surface area contributed by atoms with Crippen LogP contribution < -0.4 is 10.6 Å². The second-order valence-electron chi connectivity index (χ2n) is 3.42. The van der Waals surface area contributed by atoms with Gasteiger partial charge in [-0.3, -0.25) is 0 Å². The van der Waals surface area contributed by atoms with E-state index in [1.54, 1.807) is 7.11 Å². The zero-order chi connectivity index (χ0) is 10.9. The van der Waals surface area contributed by atoms with Gasteiger partial charge in [-0.1, -0.05) is 0 Å². The minimum absolute atomic E-state index is 0.766. The van der Waals surface area contributed by atoms with Gasteiger partial charge in [0.1, 0.15) is 0 Å². The molecule has 5 heteroatoms. The zero-order valence-corrected chi connectivity index (χ0v) is 9.49. The minimum atomic E-state index is 0.766. The largest absolute Gasteiger partial charge is 0.383 e. The zero-order valence-electron chi connectivity index (χ0n) is 9.49. The van der Waals surface area contributed by atoms with Crippen molar-refractivity contribution in [1.29, 1.82) is 0 Å². The highest BCUT2D eigenvalue weighted by atomic mass is 16.5. The minimum Gasteiger partial charge on any atom is -0.383 e. The Balaban J connectivity index is 1.96. The molecule has 0 spiro atoms. The fraction of sp³-hybridized carbons (Fsp3) is 0.700. The summed E-state index contributed by atoms with van der Waals surface area (Å²) in [6, 6.07) is 0. The van der Waals surface area contributed by atoms with E-state index in [4.69, 9.17) is 4.74 Å². The van der Waals surface area contributed by atoms with Gasteiger partial charge in [0.2, 0.25) is 0 Å². The molecular weight excluding hydrogens is 192 g/mol. The molecule has 1 heterocycles. The van der Waals surface area contributed by atoms with E-state index in [0.29, 0.717) is 0 Å². The van der Waals surface area contributed by atoms with Crippen LogP contribution in [0.3, 0.4) is 0 Å². The van der Waals surface area contributed by atoms with Gasteiger partial charge >= 0.3 is 0 Å². The highest BCUT2D eigenvalue weighted by Gasteiger charge is 1.96. The Morgan fingerprint density at radius 3 is 2.80 bits per heavy atom. The molecule has 0 saturated heterocycles. The fourth-order valence-electron chi connectivity index (χ4n) is 1.25. The maximum Gasteiger partial charge on any atom is 0.0945 e. The predicted molar refractivity (Wildman–Crippen MR) is 59.7 cm³/mol. The summed E-state index contributed by atoms with van der Waals surface area (Å²) in [6.45, 7) is 4.45. The fourth-order valence-corrected chi connectivity index (χ4v) is 1.25. The molecule has 1 rings (SSSR count). The summed E-state index contributed by atoms with van der Waals surface area (Å²) in [5.41, 5.74) is 1.20. The van der Waals surface area contributed by atoms with Gasteiger partial charge in [0, 0.05) is 46.5 Å². The number of aromatic nitrogens is 2. The summed E-state index contributed by atoms with van der Waals surface area (Å²) in [7, 11) is 3.71. The number of rotatable bonds is 8. The second-order valence-corrected chi connectivity index (χ2v) is 3.42. The third-order valence-electron chi connectivity index (χ3n) is 2.18. The third-order valence-corrected chi connectivity index (χ3v) is 2.18. The maximum atomic E-state index is 4.93. The summed E-state index contributed by atoms with van der Waals surface area (Å²) in [5.74, 6) is 0. The van der Waals surface area contributed by atoms with Crippen molar-refractivity contribution in [3.8, 4) is 0 Å². The second kappa shape index (κ2) is 7.39. The Labute approximate surface area is 90.8 Å². The standard InChI is InChI=1S/C10H20N4O/c1-14-9-13-8-10(14)7-12-4-3-11-5-6-15-2/h8-9,11-12H,3-7H2,1-2H3. The van der Waals surface area contributed by atoms with Gasteiger partial charge in [-0.15, -0.1) is 0 Å². The first-order valence-electron chi connectivity index (χ1n) is 5.20. The maximum absolute atomic E-state index is 4.93. The molecule has 1 aromatic rings. The first-order valence-corrected chi connectivity index (χ1v) is 5.20. The monoisotopic (exact) mass is 212 g/mol. The van der Waals surface area contributed by atoms with E-state index in [1.165, 1.54) is 5.69 Å². The molecule has 0 aliphatic heterocycles. The molecule has 0 saturated carbocycles. The summed E-state index contributed by atoms with van der Waals surface area (Å²) in [5, 5.41) is 6.61. The average molecular weight is 212 g/mol. The summed E-state index contributed by atoms with van der Waals surface area (Å²) < 4.78 is 6.95. The molecule has 0 bridgehead atoms. The van der Waals surface area contributed by atoms with Crippen LogP contribution in [0, 0.1) is 0 Å². The van der Waals surface area contributed by atoms with E-state index < -0.39 is 0 Å². The predicted octanol–water partition coefficient (Wildman–Crippen LogP) is -0.254. The van der Waals surface area contributed by atoms with E-state index in [1.807, 2.05) is 24.1 Å². The van der Waals surface area contributed by atoms with Crippen molar-refractivity contribution in [2.75, 3.05) is 33.4 Å². The molecule has 1 aromatic heterocycles. The van der Waals surface area contributed by atoms with E-state index in [9.17, 15) is 0 Å². The Kier molecular flexibility index (Phi) is 5.99. The quantitative estimate of drug-likeness (QED) is 0.583. The van der Waals surface area contributed by atoms with Crippen LogP contribution in [0.15, 0.2) is 12.5 Å². The lowest BCUT2D eigenvalue weighted by atomic mass is 10.4. The molecule has 0 radical (unpaired) electrons. The van der Waals surface area contributed by atoms with Crippen LogP contribution >= 0.6 is 0 Å². The van der Waals surface area contributed by atoms with Gasteiger partial charge in [0.05, 0.1) is 18.6 Å². The molecule has 5 nitrogen and oxygen atoms in total. The molecule has 0 fully saturated rings. The Bertz CT molecular complexity index is 262. The van der Waals surface area contributed by atoms with Gasteiger partial charge < -0.3 is 19.9 Å². The molecule has 15 heavy (non-hydrogen) atoms. The smallest absolute Gasteiger partial charge is 0.0945 e. The number of aryl methyl sites for hydroxylation is 1. The van der Waals surface area contributed by atoms with Crippen molar-refractivity contribution in [3.05, 3.63) is 18.2 Å². The molecule has 2 N–H and O–H groups in total. The van der Waals surface area contributed by atoms with Gasteiger partial charge in [0.25, 0.3) is 0 Å². The highest BCUT2D eigenvalue weighted by Crippen LogP contribution is 1.93. The molecule has 0 unspecified atom stereocenters. The number of methoxy groups -OCH3 is 1. The summed E-state index contributed by atoms with van der Waals surface area (Å²) in [6.07, 6.45) is 3.69. The lowest BCUT2D eigenvalue weighted by Gasteiger charge is -2.06. The van der Waals surface area contributed by atoms with E-state index in [2.05, 4.69) is 15.6 Å². The molecule has 86 valence electrons. The normalized spacial score (nSPS) is 10.8. The van der Waals surface area contributed by atoms with Gasteiger partial charge in [-0.2, -0.15) is 0 Å². The van der Waals surface area contributed by atoms with Gasteiger partial charge in [0.15, 0.2) is 0 Å².